The number of aryl methyl sites for hydroxylation is 1. The SMILES string of the molecule is COc1ccc2[nH]c(C)c(CCN=C(c3ccc(Cl)cc3)c3c(O)n(-c4ccc(Br)cc4)c(=O)[nH]c3=O)c2c1. The second kappa shape index (κ2) is 11.0. The molecule has 2 aromatic heterocycles. The minimum atomic E-state index is -0.762. The Balaban J connectivity index is 1.62. The lowest BCUT2D eigenvalue weighted by Crippen LogP contribution is -2.33. The normalized spacial score (nSPS) is 11.7. The summed E-state index contributed by atoms with van der Waals surface area (Å²) < 4.78 is 7.25. The summed E-state index contributed by atoms with van der Waals surface area (Å²) in [5.74, 6) is 0.243. The highest BCUT2D eigenvalue weighted by Gasteiger charge is 2.22. The number of rotatable bonds is 7. The Morgan fingerprint density at radius 3 is 2.46 bits per heavy atom. The summed E-state index contributed by atoms with van der Waals surface area (Å²) in [5.41, 5.74) is 2.64. The van der Waals surface area contributed by atoms with E-state index in [-0.39, 0.29) is 11.3 Å². The van der Waals surface area contributed by atoms with Gasteiger partial charge in [0.15, 0.2) is 0 Å². The van der Waals surface area contributed by atoms with E-state index in [0.29, 0.717) is 29.2 Å². The van der Waals surface area contributed by atoms with Gasteiger partial charge in [0.1, 0.15) is 11.3 Å². The molecule has 10 heteroatoms. The Hall–Kier alpha value is -4.08. The third-order valence-corrected chi connectivity index (χ3v) is 7.26. The van der Waals surface area contributed by atoms with E-state index in [2.05, 4.69) is 25.9 Å². The first-order chi connectivity index (χ1) is 18.8. The lowest BCUT2D eigenvalue weighted by atomic mass is 10.0. The molecule has 0 fully saturated rings. The number of hydrogen-bond donors (Lipinski definition) is 3. The number of methoxy groups -OCH3 is 1. The first-order valence-corrected chi connectivity index (χ1v) is 13.2. The molecule has 8 nitrogen and oxygen atoms in total. The number of H-pyrrole nitrogens is 2. The van der Waals surface area contributed by atoms with Crippen LogP contribution in [0.4, 0.5) is 0 Å². The molecular formula is C29H24BrClN4O4. The molecule has 2 heterocycles. The van der Waals surface area contributed by atoms with Gasteiger partial charge in [-0.05, 0) is 73.5 Å². The van der Waals surface area contributed by atoms with E-state index >= 15 is 0 Å². The average Bonchev–Trinajstić information content (AvgIpc) is 3.23. The Kier molecular flexibility index (Phi) is 7.45. The van der Waals surface area contributed by atoms with Crippen LogP contribution in [-0.4, -0.2) is 39.0 Å². The second-order valence-corrected chi connectivity index (χ2v) is 10.2. The molecule has 198 valence electrons. The molecule has 3 N–H and O–H groups in total. The molecule has 0 aliphatic rings. The molecule has 0 amide bonds. The van der Waals surface area contributed by atoms with E-state index in [1.807, 2.05) is 25.1 Å². The highest BCUT2D eigenvalue weighted by molar-refractivity contribution is 9.10. The summed E-state index contributed by atoms with van der Waals surface area (Å²) in [6.45, 7) is 2.30. The van der Waals surface area contributed by atoms with Crippen molar-refractivity contribution in [2.24, 2.45) is 4.99 Å². The van der Waals surface area contributed by atoms with Gasteiger partial charge in [0, 0.05) is 38.2 Å². The first kappa shape index (κ1) is 26.5. The highest BCUT2D eigenvalue weighted by atomic mass is 79.9. The van der Waals surface area contributed by atoms with Crippen LogP contribution in [0.25, 0.3) is 16.6 Å². The number of nitrogens with one attached hydrogen (secondary N) is 2. The minimum absolute atomic E-state index is 0.114. The van der Waals surface area contributed by atoms with Crippen LogP contribution in [-0.2, 0) is 6.42 Å². The van der Waals surface area contributed by atoms with Gasteiger partial charge in [0.2, 0.25) is 5.88 Å². The Labute approximate surface area is 236 Å². The lowest BCUT2D eigenvalue weighted by Gasteiger charge is -2.14. The van der Waals surface area contributed by atoms with Gasteiger partial charge < -0.3 is 14.8 Å². The summed E-state index contributed by atoms with van der Waals surface area (Å²) >= 11 is 9.48. The third-order valence-electron chi connectivity index (χ3n) is 6.48. The minimum Gasteiger partial charge on any atom is -0.497 e. The second-order valence-electron chi connectivity index (χ2n) is 8.90. The van der Waals surface area contributed by atoms with Crippen molar-refractivity contribution in [3.63, 3.8) is 0 Å². The van der Waals surface area contributed by atoms with Crippen molar-refractivity contribution in [1.82, 2.24) is 14.5 Å². The maximum absolute atomic E-state index is 13.1. The maximum atomic E-state index is 13.1. The number of aromatic nitrogens is 3. The molecule has 0 atom stereocenters. The topological polar surface area (TPSA) is 112 Å². The van der Waals surface area contributed by atoms with Gasteiger partial charge in [-0.15, -0.1) is 0 Å². The molecule has 0 aliphatic heterocycles. The zero-order valence-corrected chi connectivity index (χ0v) is 23.4. The van der Waals surface area contributed by atoms with Crippen LogP contribution in [0.2, 0.25) is 5.02 Å². The van der Waals surface area contributed by atoms with Crippen LogP contribution < -0.4 is 16.0 Å². The van der Waals surface area contributed by atoms with Gasteiger partial charge in [-0.2, -0.15) is 0 Å². The monoisotopic (exact) mass is 606 g/mol. The molecule has 3 aromatic carbocycles. The van der Waals surface area contributed by atoms with E-state index in [1.54, 1.807) is 55.6 Å². The van der Waals surface area contributed by atoms with Crippen molar-refractivity contribution in [3.8, 4) is 17.3 Å². The van der Waals surface area contributed by atoms with E-state index in [0.717, 1.165) is 36.9 Å². The van der Waals surface area contributed by atoms with Gasteiger partial charge in [0.25, 0.3) is 5.56 Å². The average molecular weight is 608 g/mol. The number of ether oxygens (including phenoxy) is 1. The van der Waals surface area contributed by atoms with E-state index in [4.69, 9.17) is 21.3 Å². The number of nitrogens with zero attached hydrogens (tertiary/aromatic N) is 2. The van der Waals surface area contributed by atoms with Crippen LogP contribution in [0.15, 0.2) is 85.8 Å². The smallest absolute Gasteiger partial charge is 0.335 e. The van der Waals surface area contributed by atoms with Crippen LogP contribution >= 0.6 is 27.5 Å². The molecule has 39 heavy (non-hydrogen) atoms. The highest BCUT2D eigenvalue weighted by Crippen LogP contribution is 2.27. The summed E-state index contributed by atoms with van der Waals surface area (Å²) in [7, 11) is 1.63. The Morgan fingerprint density at radius 1 is 1.05 bits per heavy atom. The molecule has 0 spiro atoms. The largest absolute Gasteiger partial charge is 0.497 e. The van der Waals surface area contributed by atoms with E-state index in [9.17, 15) is 14.7 Å². The summed E-state index contributed by atoms with van der Waals surface area (Å²) in [5, 5.41) is 12.8. The van der Waals surface area contributed by atoms with Crippen molar-refractivity contribution < 1.29 is 9.84 Å². The van der Waals surface area contributed by atoms with Crippen molar-refractivity contribution in [2.45, 2.75) is 13.3 Å². The predicted octanol–water partition coefficient (Wildman–Crippen LogP) is 5.53. The summed E-state index contributed by atoms with van der Waals surface area (Å²) in [6, 6.07) is 19.4. The van der Waals surface area contributed by atoms with E-state index in [1.165, 1.54) is 0 Å². The zero-order chi connectivity index (χ0) is 27.7. The van der Waals surface area contributed by atoms with E-state index < -0.39 is 17.1 Å². The summed E-state index contributed by atoms with van der Waals surface area (Å²) in [6.07, 6.45) is 0.557. The Morgan fingerprint density at radius 2 is 1.77 bits per heavy atom. The molecule has 5 rings (SSSR count). The number of hydrogen-bond acceptors (Lipinski definition) is 5. The standard InChI is InChI=1S/C29H24BrClN4O4/c1-16-22(23-15-21(39-2)11-12-24(23)33-16)13-14-32-26(17-3-7-19(31)8-4-17)25-27(36)34-29(38)35(28(25)37)20-9-5-18(30)6-10-20/h3-12,15,33,37H,13-14H2,1-2H3,(H,34,36,38). The molecular weight excluding hydrogens is 584 g/mol. The van der Waals surface area contributed by atoms with Gasteiger partial charge >= 0.3 is 5.69 Å². The van der Waals surface area contributed by atoms with Crippen molar-refractivity contribution in [1.29, 1.82) is 0 Å². The molecule has 0 saturated heterocycles. The fourth-order valence-corrected chi connectivity index (χ4v) is 4.97. The quantitative estimate of drug-likeness (QED) is 0.211. The molecule has 0 unspecified atom stereocenters. The lowest BCUT2D eigenvalue weighted by molar-refractivity contribution is 0.415. The first-order valence-electron chi connectivity index (χ1n) is 12.1. The van der Waals surface area contributed by atoms with Crippen LogP contribution in [0, 0.1) is 6.92 Å². The van der Waals surface area contributed by atoms with Gasteiger partial charge in [0.05, 0.1) is 18.5 Å². The number of aromatic amines is 2. The molecule has 0 aliphatic carbocycles. The van der Waals surface area contributed by atoms with Crippen LogP contribution in [0.3, 0.4) is 0 Å². The van der Waals surface area contributed by atoms with Crippen molar-refractivity contribution in [3.05, 3.63) is 119 Å². The summed E-state index contributed by atoms with van der Waals surface area (Å²) in [4.78, 5) is 36.4. The number of fused-ring (bicyclic) bond motifs is 1. The molecule has 0 bridgehead atoms. The Bertz CT molecular complexity index is 1820. The van der Waals surface area contributed by atoms with Crippen LogP contribution in [0.5, 0.6) is 11.6 Å². The number of benzene rings is 3. The van der Waals surface area contributed by atoms with Gasteiger partial charge in [-0.3, -0.25) is 14.8 Å². The third kappa shape index (κ3) is 5.28. The zero-order valence-electron chi connectivity index (χ0n) is 21.1. The fourth-order valence-electron chi connectivity index (χ4n) is 4.58. The van der Waals surface area contributed by atoms with Crippen LogP contribution in [0.1, 0.15) is 22.4 Å². The molecule has 0 saturated carbocycles. The number of halogens is 2. The number of aliphatic imine (C=N–C) groups is 1. The predicted molar refractivity (Wildman–Crippen MR) is 157 cm³/mol. The van der Waals surface area contributed by atoms with Gasteiger partial charge in [-0.1, -0.05) is 39.7 Å². The molecule has 0 radical (unpaired) electrons. The fraction of sp³-hybridized carbons (Fsp3) is 0.138. The maximum Gasteiger partial charge on any atom is 0.335 e. The van der Waals surface area contributed by atoms with Gasteiger partial charge in [-0.25, -0.2) is 9.36 Å². The van der Waals surface area contributed by atoms with Crippen molar-refractivity contribution in [2.75, 3.05) is 13.7 Å². The number of aromatic hydroxyl groups is 1. The van der Waals surface area contributed by atoms with Crippen molar-refractivity contribution >= 4 is 44.1 Å². The molecule has 5 aromatic rings.